The number of nitrogens with zero attached hydrogens (tertiary/aromatic N) is 1. The molecule has 2 N–H and O–H groups in total. The number of rotatable bonds is 4. The van der Waals surface area contributed by atoms with Crippen LogP contribution in [0.2, 0.25) is 0 Å². The lowest BCUT2D eigenvalue weighted by molar-refractivity contribution is 0.0752. The zero-order valence-electron chi connectivity index (χ0n) is 12.3. The van der Waals surface area contributed by atoms with E-state index in [0.29, 0.717) is 24.3 Å². The highest BCUT2D eigenvalue weighted by atomic mass is 19.1. The molecule has 0 spiro atoms. The summed E-state index contributed by atoms with van der Waals surface area (Å²) in [6, 6.07) is 11.6. The van der Waals surface area contributed by atoms with Gasteiger partial charge in [-0.1, -0.05) is 18.2 Å². The van der Waals surface area contributed by atoms with Gasteiger partial charge in [0.05, 0.1) is 0 Å². The van der Waals surface area contributed by atoms with Gasteiger partial charge in [-0.15, -0.1) is 0 Å². The third-order valence-corrected chi connectivity index (χ3v) is 3.46. The average molecular weight is 286 g/mol. The molecule has 0 fully saturated rings. The number of nitrogens with two attached hydrogens (primary N) is 1. The minimum Gasteiger partial charge on any atom is -0.398 e. The van der Waals surface area contributed by atoms with Gasteiger partial charge in [-0.05, 0) is 49.2 Å². The fourth-order valence-corrected chi connectivity index (χ4v) is 2.14. The Morgan fingerprint density at radius 2 is 2.00 bits per heavy atom. The smallest absolute Gasteiger partial charge is 0.254 e. The number of benzene rings is 2. The molecule has 0 unspecified atom stereocenters. The van der Waals surface area contributed by atoms with Gasteiger partial charge < -0.3 is 10.6 Å². The summed E-state index contributed by atoms with van der Waals surface area (Å²) in [6.45, 7) is 4.71. The van der Waals surface area contributed by atoms with E-state index in [-0.39, 0.29) is 11.7 Å². The first-order valence-electron chi connectivity index (χ1n) is 6.91. The molecule has 0 aliphatic carbocycles. The van der Waals surface area contributed by atoms with Crippen molar-refractivity contribution in [3.63, 3.8) is 0 Å². The van der Waals surface area contributed by atoms with Crippen molar-refractivity contribution in [2.24, 2.45) is 0 Å². The van der Waals surface area contributed by atoms with Gasteiger partial charge in [-0.25, -0.2) is 4.39 Å². The van der Waals surface area contributed by atoms with Crippen molar-refractivity contribution < 1.29 is 9.18 Å². The maximum Gasteiger partial charge on any atom is 0.254 e. The Labute approximate surface area is 124 Å². The van der Waals surface area contributed by atoms with Gasteiger partial charge in [0.1, 0.15) is 5.82 Å². The number of halogens is 1. The number of hydrogen-bond donors (Lipinski definition) is 1. The lowest BCUT2D eigenvalue weighted by Crippen LogP contribution is -2.30. The van der Waals surface area contributed by atoms with Crippen LogP contribution in [0.4, 0.5) is 10.1 Å². The molecule has 21 heavy (non-hydrogen) atoms. The summed E-state index contributed by atoms with van der Waals surface area (Å²) in [5, 5.41) is 0. The summed E-state index contributed by atoms with van der Waals surface area (Å²) in [5.74, 6) is -0.399. The van der Waals surface area contributed by atoms with Crippen LogP contribution < -0.4 is 5.73 Å². The van der Waals surface area contributed by atoms with E-state index < -0.39 is 0 Å². The molecule has 0 atom stereocenters. The lowest BCUT2D eigenvalue weighted by atomic mass is 10.1. The summed E-state index contributed by atoms with van der Waals surface area (Å²) >= 11 is 0. The zero-order valence-corrected chi connectivity index (χ0v) is 12.3. The number of hydrogen-bond acceptors (Lipinski definition) is 2. The van der Waals surface area contributed by atoms with Gasteiger partial charge in [-0.2, -0.15) is 0 Å². The molecule has 2 aromatic carbocycles. The van der Waals surface area contributed by atoms with E-state index >= 15 is 0 Å². The largest absolute Gasteiger partial charge is 0.398 e. The third kappa shape index (κ3) is 3.60. The minimum absolute atomic E-state index is 0.103. The Kier molecular flexibility index (Phi) is 4.58. The fraction of sp³-hybridized carbons (Fsp3) is 0.235. The van der Waals surface area contributed by atoms with Crippen molar-refractivity contribution >= 4 is 11.6 Å². The highest BCUT2D eigenvalue weighted by Gasteiger charge is 2.15. The second-order valence-corrected chi connectivity index (χ2v) is 5.02. The Balaban J connectivity index is 2.20. The van der Waals surface area contributed by atoms with Gasteiger partial charge in [-0.3, -0.25) is 4.79 Å². The minimum atomic E-state index is -0.296. The van der Waals surface area contributed by atoms with E-state index in [0.717, 1.165) is 11.1 Å². The number of anilines is 1. The van der Waals surface area contributed by atoms with Gasteiger partial charge >= 0.3 is 0 Å². The Hall–Kier alpha value is -2.36. The second kappa shape index (κ2) is 6.39. The predicted molar refractivity (Wildman–Crippen MR) is 82.4 cm³/mol. The van der Waals surface area contributed by atoms with Crippen LogP contribution in [0.3, 0.4) is 0 Å². The number of carbonyl (C=O) groups is 1. The molecule has 110 valence electrons. The quantitative estimate of drug-likeness (QED) is 0.876. The standard InChI is InChI=1S/C17H19FN2O/c1-3-20(11-13-5-4-6-15(18)9-13)17(21)14-8-7-12(2)16(19)10-14/h4-10H,3,11,19H2,1-2H3. The molecule has 3 nitrogen and oxygen atoms in total. The molecule has 0 heterocycles. The molecule has 4 heteroatoms. The van der Waals surface area contributed by atoms with Crippen LogP contribution in [-0.4, -0.2) is 17.4 Å². The molecule has 0 saturated carbocycles. The first-order chi connectivity index (χ1) is 10.0. The molecule has 0 aromatic heterocycles. The zero-order chi connectivity index (χ0) is 15.4. The maximum atomic E-state index is 13.2. The van der Waals surface area contributed by atoms with E-state index in [1.807, 2.05) is 26.0 Å². The van der Waals surface area contributed by atoms with E-state index in [1.165, 1.54) is 12.1 Å². The summed E-state index contributed by atoms with van der Waals surface area (Å²) in [7, 11) is 0. The third-order valence-electron chi connectivity index (χ3n) is 3.46. The first kappa shape index (κ1) is 15.0. The molecule has 2 aromatic rings. The van der Waals surface area contributed by atoms with Crippen LogP contribution in [0.25, 0.3) is 0 Å². The second-order valence-electron chi connectivity index (χ2n) is 5.02. The van der Waals surface area contributed by atoms with Crippen molar-refractivity contribution in [3.8, 4) is 0 Å². The van der Waals surface area contributed by atoms with Crippen molar-refractivity contribution in [1.82, 2.24) is 4.90 Å². The molecule has 1 amide bonds. The number of nitrogen functional groups attached to an aromatic ring is 1. The molecule has 2 rings (SSSR count). The summed E-state index contributed by atoms with van der Waals surface area (Å²) in [6.07, 6.45) is 0. The van der Waals surface area contributed by atoms with Crippen LogP contribution >= 0.6 is 0 Å². The first-order valence-corrected chi connectivity index (χ1v) is 6.91. The predicted octanol–water partition coefficient (Wildman–Crippen LogP) is 3.38. The van der Waals surface area contributed by atoms with Crippen LogP contribution in [0, 0.1) is 12.7 Å². The fourth-order valence-electron chi connectivity index (χ4n) is 2.14. The van der Waals surface area contributed by atoms with E-state index in [4.69, 9.17) is 5.73 Å². The van der Waals surface area contributed by atoms with Crippen molar-refractivity contribution in [3.05, 3.63) is 65.0 Å². The van der Waals surface area contributed by atoms with Crippen LogP contribution in [0.1, 0.15) is 28.4 Å². The van der Waals surface area contributed by atoms with E-state index in [2.05, 4.69) is 0 Å². The van der Waals surface area contributed by atoms with Gasteiger partial charge in [0.15, 0.2) is 0 Å². The summed E-state index contributed by atoms with van der Waals surface area (Å²) in [5.41, 5.74) is 8.72. The van der Waals surface area contributed by atoms with Crippen LogP contribution in [0.15, 0.2) is 42.5 Å². The Bertz CT molecular complexity index is 655. The highest BCUT2D eigenvalue weighted by molar-refractivity contribution is 5.95. The molecular formula is C17H19FN2O. The molecule has 0 aliphatic heterocycles. The normalized spacial score (nSPS) is 10.4. The SMILES string of the molecule is CCN(Cc1cccc(F)c1)C(=O)c1ccc(C)c(N)c1. The average Bonchev–Trinajstić information content (AvgIpc) is 2.47. The molecule has 0 radical (unpaired) electrons. The molecule has 0 aliphatic rings. The topological polar surface area (TPSA) is 46.3 Å². The Morgan fingerprint density at radius 1 is 1.24 bits per heavy atom. The van der Waals surface area contributed by atoms with Crippen molar-refractivity contribution in [2.75, 3.05) is 12.3 Å². The highest BCUT2D eigenvalue weighted by Crippen LogP contribution is 2.16. The Morgan fingerprint density at radius 3 is 2.62 bits per heavy atom. The van der Waals surface area contributed by atoms with Crippen LogP contribution in [-0.2, 0) is 6.54 Å². The van der Waals surface area contributed by atoms with E-state index in [9.17, 15) is 9.18 Å². The summed E-state index contributed by atoms with van der Waals surface area (Å²) < 4.78 is 13.2. The molecule has 0 saturated heterocycles. The van der Waals surface area contributed by atoms with Gasteiger partial charge in [0.2, 0.25) is 0 Å². The van der Waals surface area contributed by atoms with E-state index in [1.54, 1.807) is 23.1 Å². The maximum absolute atomic E-state index is 13.2. The number of carbonyl (C=O) groups excluding carboxylic acids is 1. The number of amides is 1. The molecule has 0 bridgehead atoms. The van der Waals surface area contributed by atoms with Gasteiger partial charge in [0, 0.05) is 24.3 Å². The van der Waals surface area contributed by atoms with Crippen molar-refractivity contribution in [1.29, 1.82) is 0 Å². The van der Waals surface area contributed by atoms with Crippen molar-refractivity contribution in [2.45, 2.75) is 20.4 Å². The van der Waals surface area contributed by atoms with Crippen LogP contribution in [0.5, 0.6) is 0 Å². The monoisotopic (exact) mass is 286 g/mol. The van der Waals surface area contributed by atoms with Gasteiger partial charge in [0.25, 0.3) is 5.91 Å². The lowest BCUT2D eigenvalue weighted by Gasteiger charge is -2.21. The number of aryl methyl sites for hydroxylation is 1. The summed E-state index contributed by atoms with van der Waals surface area (Å²) in [4.78, 5) is 14.2. The molecular weight excluding hydrogens is 267 g/mol.